The second-order valence-corrected chi connectivity index (χ2v) is 8.09. The quantitative estimate of drug-likeness (QED) is 0.209. The third-order valence-electron chi connectivity index (χ3n) is 5.10. The number of aromatic nitrogens is 2. The minimum Gasteiger partial charge on any atom is -0.872 e. The van der Waals surface area contributed by atoms with Crippen LogP contribution in [-0.2, 0) is 35.8 Å². The van der Waals surface area contributed by atoms with Crippen molar-refractivity contribution in [2.45, 2.75) is 33.1 Å². The first-order chi connectivity index (χ1) is 16.3. The van der Waals surface area contributed by atoms with Gasteiger partial charge in [-0.05, 0) is 42.3 Å². The van der Waals surface area contributed by atoms with E-state index in [0.717, 1.165) is 5.56 Å². The number of aliphatic carboxylic acids is 2. The van der Waals surface area contributed by atoms with Gasteiger partial charge in [0.15, 0.2) is 0 Å². The van der Waals surface area contributed by atoms with Crippen LogP contribution in [0.2, 0.25) is 0 Å². The van der Waals surface area contributed by atoms with Crippen molar-refractivity contribution in [3.05, 3.63) is 89.0 Å². The molecule has 0 radical (unpaired) electrons. The Bertz CT molecular complexity index is 1040. The van der Waals surface area contributed by atoms with Gasteiger partial charge in [-0.25, -0.2) is 0 Å². The molecule has 0 N–H and O–H groups in total. The summed E-state index contributed by atoms with van der Waals surface area (Å²) in [6.07, 6.45) is 3.23. The monoisotopic (exact) mass is 530 g/mol. The zero-order valence-electron chi connectivity index (χ0n) is 21.8. The third kappa shape index (κ3) is 12.7. The number of benzene rings is 1. The van der Waals surface area contributed by atoms with Gasteiger partial charge in [0, 0.05) is 51.7 Å². The fourth-order valence-electron chi connectivity index (χ4n) is 3.79. The molecule has 0 amide bonds. The van der Waals surface area contributed by atoms with Gasteiger partial charge in [-0.15, -0.1) is 0 Å². The smallest absolute Gasteiger partial charge is 0.872 e. The number of rotatable bonds is 12. The number of hydrogen-bond acceptors (Lipinski definition) is 9. The molecular weight excluding hydrogens is 505 g/mol. The Hall–Kier alpha value is -0.820. The molecule has 2 heterocycles. The molecule has 3 aromatic rings. The Balaban J connectivity index is 0.00000432. The molecule has 0 spiro atoms. The van der Waals surface area contributed by atoms with Gasteiger partial charge >= 0.3 is 88.7 Å². The van der Waals surface area contributed by atoms with Crippen molar-refractivity contribution in [1.82, 2.24) is 19.8 Å². The van der Waals surface area contributed by atoms with Gasteiger partial charge in [-0.1, -0.05) is 35.6 Å². The molecule has 0 fully saturated rings. The summed E-state index contributed by atoms with van der Waals surface area (Å²) in [5.74, 6) is -2.78. The van der Waals surface area contributed by atoms with Crippen molar-refractivity contribution in [3.8, 4) is 5.75 Å². The summed E-state index contributed by atoms with van der Waals surface area (Å²) in [5, 5.41) is 35.9. The molecule has 0 saturated heterocycles. The van der Waals surface area contributed by atoms with Crippen molar-refractivity contribution in [3.63, 3.8) is 0 Å². The Labute approximate surface area is 283 Å². The van der Waals surface area contributed by atoms with Crippen molar-refractivity contribution in [1.29, 1.82) is 0 Å². The van der Waals surface area contributed by atoms with Gasteiger partial charge in [-0.2, -0.15) is 0 Å². The number of nitrogens with zero attached hydrogens (tertiary/aromatic N) is 4. The summed E-state index contributed by atoms with van der Waals surface area (Å²) in [6.45, 7) is 1.72. The van der Waals surface area contributed by atoms with E-state index in [9.17, 15) is 24.9 Å². The van der Waals surface area contributed by atoms with E-state index >= 15 is 0 Å². The topological polar surface area (TPSA) is 136 Å². The van der Waals surface area contributed by atoms with E-state index in [1.165, 1.54) is 0 Å². The van der Waals surface area contributed by atoms with Gasteiger partial charge in [0.2, 0.25) is 0 Å². The molecule has 37 heavy (non-hydrogen) atoms. The molecule has 9 nitrogen and oxygen atoms in total. The summed E-state index contributed by atoms with van der Waals surface area (Å²) in [6, 6.07) is 14.1. The predicted octanol–water partition coefficient (Wildman–Crippen LogP) is -9.63. The van der Waals surface area contributed by atoms with Gasteiger partial charge in [0.05, 0.1) is 23.3 Å². The predicted molar refractivity (Wildman–Crippen MR) is 117 cm³/mol. The Kier molecular flexibility index (Phi) is 18.1. The molecule has 12 heteroatoms. The summed E-state index contributed by atoms with van der Waals surface area (Å²) in [7, 11) is 0. The van der Waals surface area contributed by atoms with Crippen LogP contribution in [0.1, 0.15) is 28.1 Å². The summed E-state index contributed by atoms with van der Waals surface area (Å²) < 4.78 is 0. The molecule has 0 unspecified atom stereocenters. The second kappa shape index (κ2) is 18.5. The SMILES string of the molecule is Cc1cc(CN(CC(=O)[O-])Cc2ccccn2)c([O-])c(CN(CC(=O)[O-])Cc2ccccn2)c1.[Na+].[Na+].[Na+]. The molecular formula is C25H25N4Na3O5. The molecule has 0 saturated carbocycles. The number of carbonyl (C=O) groups is 2. The molecule has 0 aliphatic carbocycles. The van der Waals surface area contributed by atoms with Crippen LogP contribution in [0.4, 0.5) is 0 Å². The van der Waals surface area contributed by atoms with Crippen LogP contribution in [0.5, 0.6) is 5.75 Å². The Morgan fingerprint density at radius 3 is 1.46 bits per heavy atom. The average Bonchev–Trinajstić information content (AvgIpc) is 2.77. The molecule has 0 aliphatic rings. The maximum absolute atomic E-state index is 13.3. The van der Waals surface area contributed by atoms with Crippen molar-refractivity contribution in [2.75, 3.05) is 13.1 Å². The summed E-state index contributed by atoms with van der Waals surface area (Å²) in [4.78, 5) is 34.2. The molecule has 0 bridgehead atoms. The van der Waals surface area contributed by atoms with Gasteiger partial charge in [0.1, 0.15) is 0 Å². The fraction of sp³-hybridized carbons (Fsp3) is 0.280. The van der Waals surface area contributed by atoms with E-state index in [2.05, 4.69) is 9.97 Å². The van der Waals surface area contributed by atoms with E-state index in [4.69, 9.17) is 0 Å². The summed E-state index contributed by atoms with van der Waals surface area (Å²) in [5.41, 5.74) is 2.97. The van der Waals surface area contributed by atoms with Crippen LogP contribution < -0.4 is 104 Å². The number of carboxylic acid groups (broad SMARTS) is 2. The van der Waals surface area contributed by atoms with E-state index in [1.807, 2.05) is 6.92 Å². The first kappa shape index (κ1) is 36.2. The molecule has 0 atom stereocenters. The van der Waals surface area contributed by atoms with Gasteiger partial charge in [-0.3, -0.25) is 19.8 Å². The largest absolute Gasteiger partial charge is 1.00 e. The number of carboxylic acids is 2. The minimum atomic E-state index is -1.26. The van der Waals surface area contributed by atoms with Gasteiger partial charge < -0.3 is 24.9 Å². The van der Waals surface area contributed by atoms with E-state index < -0.39 is 11.9 Å². The van der Waals surface area contributed by atoms with E-state index in [-0.39, 0.29) is 134 Å². The standard InChI is InChI=1S/C25H28N4O5.3Na/c1-18-10-19(12-28(16-23(30)31)14-21-6-2-4-8-26-21)25(34)20(11-18)13-29(17-24(32)33)15-22-7-3-5-9-27-22;;;/h2-11,34H,12-17H2,1H3,(H,30,31)(H,32,33);;;/q;3*+1/p-3. The first-order valence-corrected chi connectivity index (χ1v) is 10.7. The van der Waals surface area contributed by atoms with Crippen molar-refractivity contribution < 1.29 is 114 Å². The van der Waals surface area contributed by atoms with Gasteiger partial charge in [0.25, 0.3) is 0 Å². The maximum atomic E-state index is 13.3. The van der Waals surface area contributed by atoms with Crippen molar-refractivity contribution >= 4 is 11.9 Å². The molecule has 178 valence electrons. The Morgan fingerprint density at radius 2 is 1.14 bits per heavy atom. The third-order valence-corrected chi connectivity index (χ3v) is 5.10. The normalized spacial score (nSPS) is 10.2. The minimum absolute atomic E-state index is 0. The van der Waals surface area contributed by atoms with Crippen LogP contribution in [-0.4, -0.2) is 44.8 Å². The average molecular weight is 530 g/mol. The van der Waals surface area contributed by atoms with Crippen molar-refractivity contribution in [2.24, 2.45) is 0 Å². The number of carbonyl (C=O) groups excluding carboxylic acids is 2. The van der Waals surface area contributed by atoms with Crippen LogP contribution in [0, 0.1) is 6.92 Å². The number of hydrogen-bond donors (Lipinski definition) is 0. The van der Waals surface area contributed by atoms with E-state index in [0.29, 0.717) is 22.5 Å². The molecule has 1 aromatic carbocycles. The molecule has 3 rings (SSSR count). The maximum Gasteiger partial charge on any atom is 1.00 e. The van der Waals surface area contributed by atoms with Crippen LogP contribution in [0.15, 0.2) is 60.9 Å². The zero-order valence-corrected chi connectivity index (χ0v) is 27.8. The van der Waals surface area contributed by atoms with Crippen LogP contribution in [0.25, 0.3) is 0 Å². The Morgan fingerprint density at radius 1 is 0.730 bits per heavy atom. The number of aryl methyl sites for hydroxylation is 1. The number of pyridine rings is 2. The zero-order chi connectivity index (χ0) is 24.5. The summed E-state index contributed by atoms with van der Waals surface area (Å²) >= 11 is 0. The fourth-order valence-corrected chi connectivity index (χ4v) is 3.79. The molecule has 0 aliphatic heterocycles. The molecule has 2 aromatic heterocycles. The van der Waals surface area contributed by atoms with Crippen LogP contribution in [0.3, 0.4) is 0 Å². The second-order valence-electron chi connectivity index (χ2n) is 8.09. The first-order valence-electron chi connectivity index (χ1n) is 10.7. The van der Waals surface area contributed by atoms with Crippen LogP contribution >= 0.6 is 0 Å². The van der Waals surface area contributed by atoms with E-state index in [1.54, 1.807) is 70.7 Å².